The van der Waals surface area contributed by atoms with Gasteiger partial charge in [-0.2, -0.15) is 0 Å². The third-order valence-corrected chi connectivity index (χ3v) is 4.75. The maximum absolute atomic E-state index is 12.7. The molecule has 0 heterocycles. The highest BCUT2D eigenvalue weighted by Crippen LogP contribution is 2.32. The molecule has 1 fully saturated rings. The minimum absolute atomic E-state index is 0. The minimum atomic E-state index is -0.419. The number of methoxy groups -OCH3 is 1. The number of halogens is 1. The van der Waals surface area contributed by atoms with Crippen LogP contribution in [-0.2, 0) is 0 Å². The highest BCUT2D eigenvalue weighted by Gasteiger charge is 2.27. The van der Waals surface area contributed by atoms with Crippen LogP contribution in [0.2, 0.25) is 0 Å². The number of amides is 1. The molecule has 0 aliphatic heterocycles. The SMILES string of the molecule is COc1cc(C(=O)NC(C)(CN)CC(C)C)ccc1OC1CCCC1.Cl. The Kier molecular flexibility index (Phi) is 8.71. The summed E-state index contributed by atoms with van der Waals surface area (Å²) in [4.78, 5) is 12.7. The molecule has 1 aromatic rings. The third-order valence-electron chi connectivity index (χ3n) is 4.75. The Morgan fingerprint density at radius 1 is 1.31 bits per heavy atom. The molecule has 3 N–H and O–H groups in total. The Labute approximate surface area is 163 Å². The number of nitrogens with two attached hydrogens (primary N) is 1. The van der Waals surface area contributed by atoms with Gasteiger partial charge in [0.15, 0.2) is 11.5 Å². The van der Waals surface area contributed by atoms with E-state index in [9.17, 15) is 4.79 Å². The van der Waals surface area contributed by atoms with E-state index in [1.54, 1.807) is 19.2 Å². The van der Waals surface area contributed by atoms with Gasteiger partial charge >= 0.3 is 0 Å². The molecule has 1 aromatic carbocycles. The van der Waals surface area contributed by atoms with Crippen molar-refractivity contribution in [1.82, 2.24) is 5.32 Å². The molecular weight excluding hydrogens is 352 g/mol. The minimum Gasteiger partial charge on any atom is -0.493 e. The summed E-state index contributed by atoms with van der Waals surface area (Å²) < 4.78 is 11.5. The zero-order chi connectivity index (χ0) is 18.4. The molecule has 5 nitrogen and oxygen atoms in total. The lowest BCUT2D eigenvalue weighted by atomic mass is 9.90. The summed E-state index contributed by atoms with van der Waals surface area (Å²) in [6, 6.07) is 5.36. The lowest BCUT2D eigenvalue weighted by molar-refractivity contribution is 0.0897. The van der Waals surface area contributed by atoms with Crippen molar-refractivity contribution < 1.29 is 14.3 Å². The van der Waals surface area contributed by atoms with Crippen LogP contribution in [0, 0.1) is 5.92 Å². The summed E-state index contributed by atoms with van der Waals surface area (Å²) in [5.74, 6) is 1.61. The normalized spacial score (nSPS) is 16.7. The van der Waals surface area contributed by atoms with Gasteiger partial charge in [-0.15, -0.1) is 12.4 Å². The van der Waals surface area contributed by atoms with Crippen LogP contribution in [0.5, 0.6) is 11.5 Å². The Bertz CT molecular complexity index is 588. The smallest absolute Gasteiger partial charge is 0.251 e. The number of nitrogens with one attached hydrogen (secondary N) is 1. The third kappa shape index (κ3) is 6.06. The average molecular weight is 385 g/mol. The largest absolute Gasteiger partial charge is 0.493 e. The highest BCUT2D eigenvalue weighted by atomic mass is 35.5. The van der Waals surface area contributed by atoms with Crippen LogP contribution >= 0.6 is 12.4 Å². The number of ether oxygens (including phenoxy) is 2. The van der Waals surface area contributed by atoms with Gasteiger partial charge in [0, 0.05) is 17.6 Å². The van der Waals surface area contributed by atoms with Crippen molar-refractivity contribution in [1.29, 1.82) is 0 Å². The summed E-state index contributed by atoms with van der Waals surface area (Å²) in [5, 5.41) is 3.07. The lowest BCUT2D eigenvalue weighted by Gasteiger charge is -2.31. The van der Waals surface area contributed by atoms with Crippen LogP contribution in [0.4, 0.5) is 0 Å². The van der Waals surface area contributed by atoms with Crippen molar-refractivity contribution in [3.05, 3.63) is 23.8 Å². The maximum atomic E-state index is 12.7. The van der Waals surface area contributed by atoms with Crippen molar-refractivity contribution in [2.24, 2.45) is 11.7 Å². The average Bonchev–Trinajstić information content (AvgIpc) is 3.07. The molecule has 0 bridgehead atoms. The quantitative estimate of drug-likeness (QED) is 0.712. The van der Waals surface area contributed by atoms with E-state index in [-0.39, 0.29) is 24.4 Å². The van der Waals surface area contributed by atoms with Gasteiger partial charge in [0.05, 0.1) is 13.2 Å². The van der Waals surface area contributed by atoms with Crippen LogP contribution in [0.3, 0.4) is 0 Å². The van der Waals surface area contributed by atoms with Crippen LogP contribution < -0.4 is 20.5 Å². The van der Waals surface area contributed by atoms with Crippen LogP contribution in [-0.4, -0.2) is 31.2 Å². The molecule has 1 atom stereocenters. The number of hydrogen-bond donors (Lipinski definition) is 2. The van der Waals surface area contributed by atoms with Crippen LogP contribution in [0.1, 0.15) is 63.2 Å². The van der Waals surface area contributed by atoms with E-state index in [0.717, 1.165) is 19.3 Å². The molecule has 0 saturated heterocycles. The van der Waals surface area contributed by atoms with E-state index >= 15 is 0 Å². The topological polar surface area (TPSA) is 73.6 Å². The van der Waals surface area contributed by atoms with Crippen molar-refractivity contribution in [2.75, 3.05) is 13.7 Å². The summed E-state index contributed by atoms with van der Waals surface area (Å²) in [6.07, 6.45) is 5.66. The van der Waals surface area contributed by atoms with E-state index in [4.69, 9.17) is 15.2 Å². The van der Waals surface area contributed by atoms with Gasteiger partial charge in [-0.1, -0.05) is 13.8 Å². The summed E-state index contributed by atoms with van der Waals surface area (Å²) in [6.45, 7) is 6.63. The molecule has 1 aliphatic rings. The fraction of sp³-hybridized carbons (Fsp3) is 0.650. The highest BCUT2D eigenvalue weighted by molar-refractivity contribution is 5.95. The molecule has 1 aliphatic carbocycles. The lowest BCUT2D eigenvalue weighted by Crippen LogP contribution is -2.52. The molecule has 0 aromatic heterocycles. The van der Waals surface area contributed by atoms with Crippen molar-refractivity contribution in [2.45, 2.75) is 64.5 Å². The van der Waals surface area contributed by atoms with Gasteiger partial charge in [-0.25, -0.2) is 0 Å². The first-order chi connectivity index (χ1) is 11.9. The van der Waals surface area contributed by atoms with E-state index in [2.05, 4.69) is 19.2 Å². The molecule has 0 spiro atoms. The zero-order valence-corrected chi connectivity index (χ0v) is 17.2. The molecule has 1 unspecified atom stereocenters. The first-order valence-corrected chi connectivity index (χ1v) is 9.24. The Balaban J connectivity index is 0.00000338. The number of rotatable bonds is 8. The molecule has 1 amide bonds. The molecule has 0 radical (unpaired) electrons. The number of carbonyl (C=O) groups is 1. The van der Waals surface area contributed by atoms with Crippen molar-refractivity contribution in [3.8, 4) is 11.5 Å². The molecule has 148 valence electrons. The van der Waals surface area contributed by atoms with Gasteiger partial charge in [0.2, 0.25) is 0 Å². The van der Waals surface area contributed by atoms with Gasteiger partial charge in [-0.3, -0.25) is 4.79 Å². The fourth-order valence-electron chi connectivity index (χ4n) is 3.52. The van der Waals surface area contributed by atoms with Crippen LogP contribution in [0.25, 0.3) is 0 Å². The number of carbonyl (C=O) groups excluding carboxylic acids is 1. The first kappa shape index (κ1) is 22.6. The molecule has 2 rings (SSSR count). The van der Waals surface area contributed by atoms with Gasteiger partial charge in [0.1, 0.15) is 0 Å². The summed E-state index contributed by atoms with van der Waals surface area (Å²) in [7, 11) is 1.60. The van der Waals surface area contributed by atoms with Gasteiger partial charge in [-0.05, 0) is 63.1 Å². The van der Waals surface area contributed by atoms with Crippen LogP contribution in [0.15, 0.2) is 18.2 Å². The van der Waals surface area contributed by atoms with Gasteiger partial charge < -0.3 is 20.5 Å². The van der Waals surface area contributed by atoms with E-state index in [1.165, 1.54) is 12.8 Å². The monoisotopic (exact) mass is 384 g/mol. The Hall–Kier alpha value is -1.46. The standard InChI is InChI=1S/C20H32N2O3.ClH/c1-14(2)12-20(3,13-21)22-19(23)15-9-10-17(18(11-15)24-4)25-16-7-5-6-8-16;/h9-11,14,16H,5-8,12-13,21H2,1-4H3,(H,22,23);1H. The van der Waals surface area contributed by atoms with E-state index in [0.29, 0.717) is 29.5 Å². The predicted molar refractivity (Wildman–Crippen MR) is 108 cm³/mol. The van der Waals surface area contributed by atoms with Crippen molar-refractivity contribution in [3.63, 3.8) is 0 Å². The van der Waals surface area contributed by atoms with E-state index in [1.807, 2.05) is 13.0 Å². The summed E-state index contributed by atoms with van der Waals surface area (Å²) >= 11 is 0. The van der Waals surface area contributed by atoms with E-state index < -0.39 is 5.54 Å². The second-order valence-electron chi connectivity index (χ2n) is 7.71. The molecule has 26 heavy (non-hydrogen) atoms. The van der Waals surface area contributed by atoms with Gasteiger partial charge in [0.25, 0.3) is 5.91 Å². The Morgan fingerprint density at radius 3 is 2.50 bits per heavy atom. The van der Waals surface area contributed by atoms with Crippen molar-refractivity contribution >= 4 is 18.3 Å². The first-order valence-electron chi connectivity index (χ1n) is 9.24. The second kappa shape index (κ2) is 10.0. The maximum Gasteiger partial charge on any atom is 0.251 e. The molecular formula is C20H33ClN2O3. The number of benzene rings is 1. The predicted octanol–water partition coefficient (Wildman–Crippen LogP) is 3.93. The second-order valence-corrected chi connectivity index (χ2v) is 7.71. The molecule has 6 heteroatoms. The zero-order valence-electron chi connectivity index (χ0n) is 16.3. The fourth-order valence-corrected chi connectivity index (χ4v) is 3.52. The number of hydrogen-bond acceptors (Lipinski definition) is 4. The molecule has 1 saturated carbocycles. The Morgan fingerprint density at radius 2 is 1.96 bits per heavy atom. The summed E-state index contributed by atoms with van der Waals surface area (Å²) in [5.41, 5.74) is 6.03.